The Morgan fingerprint density at radius 1 is 1.09 bits per heavy atom. The van der Waals surface area contributed by atoms with Crippen LogP contribution in [0, 0.1) is 5.82 Å². The van der Waals surface area contributed by atoms with E-state index in [1.807, 2.05) is 37.7 Å². The van der Waals surface area contributed by atoms with Crippen molar-refractivity contribution in [2.24, 2.45) is 0 Å². The number of fused-ring (bicyclic) bond motifs is 1. The van der Waals surface area contributed by atoms with Gasteiger partial charge in [-0.05, 0) is 37.7 Å². The van der Waals surface area contributed by atoms with E-state index in [9.17, 15) is 4.39 Å². The van der Waals surface area contributed by atoms with Crippen molar-refractivity contribution in [1.29, 1.82) is 0 Å². The molecule has 32 heavy (non-hydrogen) atoms. The molecule has 0 saturated carbocycles. The fourth-order valence-electron chi connectivity index (χ4n) is 3.54. The van der Waals surface area contributed by atoms with Gasteiger partial charge >= 0.3 is 6.01 Å². The van der Waals surface area contributed by atoms with Crippen molar-refractivity contribution in [2.45, 2.75) is 26.4 Å². The average molecular weight is 436 g/mol. The number of rotatable bonds is 8. The lowest BCUT2D eigenvalue weighted by Crippen LogP contribution is -2.11. The Labute approximate surface area is 185 Å². The third kappa shape index (κ3) is 4.67. The van der Waals surface area contributed by atoms with Crippen LogP contribution in [0.2, 0.25) is 0 Å². The molecule has 0 bridgehead atoms. The second kappa shape index (κ2) is 9.27. The molecule has 9 heteroatoms. The van der Waals surface area contributed by atoms with Crippen molar-refractivity contribution in [2.75, 3.05) is 26.4 Å². The van der Waals surface area contributed by atoms with Gasteiger partial charge in [0.25, 0.3) is 0 Å². The maximum Gasteiger partial charge on any atom is 0.320 e. The summed E-state index contributed by atoms with van der Waals surface area (Å²) in [4.78, 5) is 19.6. The molecule has 0 spiro atoms. The third-order valence-corrected chi connectivity index (χ3v) is 4.83. The van der Waals surface area contributed by atoms with Gasteiger partial charge in [-0.1, -0.05) is 31.2 Å². The number of benzene rings is 1. The van der Waals surface area contributed by atoms with Gasteiger partial charge in [-0.15, -0.1) is 0 Å². The van der Waals surface area contributed by atoms with Crippen molar-refractivity contribution in [3.63, 3.8) is 0 Å². The van der Waals surface area contributed by atoms with Crippen molar-refractivity contribution in [3.8, 4) is 17.4 Å². The number of hydrogen-bond donors (Lipinski definition) is 1. The molecule has 0 radical (unpaired) electrons. The van der Waals surface area contributed by atoms with E-state index in [1.54, 1.807) is 6.20 Å². The molecule has 0 saturated heterocycles. The predicted octanol–water partition coefficient (Wildman–Crippen LogP) is 3.51. The summed E-state index contributed by atoms with van der Waals surface area (Å²) in [5.74, 6) is 0.283. The Morgan fingerprint density at radius 3 is 2.66 bits per heavy atom. The number of imidazole rings is 1. The van der Waals surface area contributed by atoms with Gasteiger partial charge in [0.15, 0.2) is 17.0 Å². The summed E-state index contributed by atoms with van der Waals surface area (Å²) in [5.41, 5.74) is 9.94. The summed E-state index contributed by atoms with van der Waals surface area (Å²) in [5, 5.41) is 0. The van der Waals surface area contributed by atoms with Crippen LogP contribution in [0.4, 0.5) is 10.2 Å². The van der Waals surface area contributed by atoms with E-state index in [-0.39, 0.29) is 11.8 Å². The highest BCUT2D eigenvalue weighted by Crippen LogP contribution is 2.28. The molecular formula is C23H26FN7O. The topological polar surface area (TPSA) is 95.0 Å². The number of nitrogens with two attached hydrogens (primary N) is 1. The minimum Gasteiger partial charge on any atom is -0.463 e. The molecule has 0 aliphatic carbocycles. The summed E-state index contributed by atoms with van der Waals surface area (Å²) in [6.45, 7) is 3.77. The van der Waals surface area contributed by atoms with E-state index in [2.05, 4.69) is 37.0 Å². The number of anilines is 1. The molecule has 3 heterocycles. The van der Waals surface area contributed by atoms with Crippen LogP contribution in [0.15, 0.2) is 42.7 Å². The Morgan fingerprint density at radius 2 is 1.91 bits per heavy atom. The monoisotopic (exact) mass is 435 g/mol. The van der Waals surface area contributed by atoms with E-state index in [0.29, 0.717) is 35.7 Å². The quantitative estimate of drug-likeness (QED) is 0.452. The Hall–Kier alpha value is -3.59. The number of pyridine rings is 1. The summed E-state index contributed by atoms with van der Waals surface area (Å²) in [6.07, 6.45) is 3.55. The summed E-state index contributed by atoms with van der Waals surface area (Å²) in [7, 11) is 4.06. The first kappa shape index (κ1) is 21.6. The number of halogens is 1. The lowest BCUT2D eigenvalue weighted by Gasteiger charge is -2.13. The smallest absolute Gasteiger partial charge is 0.320 e. The van der Waals surface area contributed by atoms with Crippen LogP contribution in [0.1, 0.15) is 24.5 Å². The van der Waals surface area contributed by atoms with E-state index in [0.717, 1.165) is 24.7 Å². The maximum atomic E-state index is 13.9. The van der Waals surface area contributed by atoms with Crippen LogP contribution in [0.25, 0.3) is 22.6 Å². The summed E-state index contributed by atoms with van der Waals surface area (Å²) >= 11 is 0. The van der Waals surface area contributed by atoms with Gasteiger partial charge in [0.05, 0.1) is 19.3 Å². The fraction of sp³-hybridized carbons (Fsp3) is 0.304. The van der Waals surface area contributed by atoms with Crippen LogP contribution in [0.5, 0.6) is 6.01 Å². The molecule has 3 aromatic heterocycles. The highest BCUT2D eigenvalue weighted by atomic mass is 19.1. The SMILES string of the molecule is CCCOc1nc(N)c2nc(-c3cncc(F)c3)n(Cc3cccc(CN(C)C)c3)c2n1. The standard InChI is InChI=1S/C23H26FN7O/c1-4-8-32-23-28-20(25)19-22(29-23)31(21(27-19)17-10-18(24)12-26-11-17)14-16-7-5-6-15(9-16)13-30(2)3/h5-7,9-12H,4,8,13-14H2,1-3H3,(H2,25,28,29). The van der Waals surface area contributed by atoms with Crippen molar-refractivity contribution < 1.29 is 9.13 Å². The van der Waals surface area contributed by atoms with Gasteiger partial charge in [0.1, 0.15) is 11.6 Å². The van der Waals surface area contributed by atoms with E-state index in [1.165, 1.54) is 11.6 Å². The molecule has 8 nitrogen and oxygen atoms in total. The zero-order valence-corrected chi connectivity index (χ0v) is 18.4. The maximum absolute atomic E-state index is 13.9. The third-order valence-electron chi connectivity index (χ3n) is 4.83. The van der Waals surface area contributed by atoms with Gasteiger partial charge in [0, 0.05) is 18.3 Å². The first-order valence-electron chi connectivity index (χ1n) is 10.4. The minimum atomic E-state index is -0.444. The Kier molecular flexibility index (Phi) is 6.27. The molecular weight excluding hydrogens is 409 g/mol. The van der Waals surface area contributed by atoms with Gasteiger partial charge in [-0.3, -0.25) is 4.98 Å². The first-order valence-corrected chi connectivity index (χ1v) is 10.4. The van der Waals surface area contributed by atoms with Crippen molar-refractivity contribution in [1.82, 2.24) is 29.4 Å². The molecule has 2 N–H and O–H groups in total. The van der Waals surface area contributed by atoms with Crippen molar-refractivity contribution in [3.05, 3.63) is 59.7 Å². The molecule has 0 amide bonds. The Balaban J connectivity index is 1.85. The molecule has 0 atom stereocenters. The van der Waals surface area contributed by atoms with E-state index >= 15 is 0 Å². The van der Waals surface area contributed by atoms with E-state index < -0.39 is 5.82 Å². The molecule has 0 aliphatic heterocycles. The minimum absolute atomic E-state index is 0.197. The van der Waals surface area contributed by atoms with Gasteiger partial charge in [-0.25, -0.2) is 9.37 Å². The zero-order chi connectivity index (χ0) is 22.7. The highest BCUT2D eigenvalue weighted by molar-refractivity contribution is 5.85. The van der Waals surface area contributed by atoms with Crippen LogP contribution >= 0.6 is 0 Å². The number of nitrogens with zero attached hydrogens (tertiary/aromatic N) is 6. The largest absolute Gasteiger partial charge is 0.463 e. The van der Waals surface area contributed by atoms with Crippen LogP contribution in [-0.4, -0.2) is 50.1 Å². The number of nitrogen functional groups attached to an aromatic ring is 1. The van der Waals surface area contributed by atoms with Crippen LogP contribution in [-0.2, 0) is 13.1 Å². The van der Waals surface area contributed by atoms with E-state index in [4.69, 9.17) is 10.5 Å². The molecule has 166 valence electrons. The van der Waals surface area contributed by atoms with Crippen molar-refractivity contribution >= 4 is 17.0 Å². The number of hydrogen-bond acceptors (Lipinski definition) is 7. The summed E-state index contributed by atoms with van der Waals surface area (Å²) in [6, 6.07) is 9.88. The normalized spacial score (nSPS) is 11.4. The fourth-order valence-corrected chi connectivity index (χ4v) is 3.54. The lowest BCUT2D eigenvalue weighted by molar-refractivity contribution is 0.293. The molecule has 4 aromatic rings. The molecule has 0 unspecified atom stereocenters. The molecule has 0 fully saturated rings. The van der Waals surface area contributed by atoms with Crippen LogP contribution in [0.3, 0.4) is 0 Å². The zero-order valence-electron chi connectivity index (χ0n) is 18.4. The molecule has 0 aliphatic rings. The molecule has 1 aromatic carbocycles. The predicted molar refractivity (Wildman–Crippen MR) is 122 cm³/mol. The highest BCUT2D eigenvalue weighted by Gasteiger charge is 2.19. The first-order chi connectivity index (χ1) is 15.4. The van der Waals surface area contributed by atoms with Gasteiger partial charge in [-0.2, -0.15) is 9.97 Å². The average Bonchev–Trinajstić information content (AvgIpc) is 3.11. The van der Waals surface area contributed by atoms with Gasteiger partial charge < -0.3 is 19.9 Å². The second-order valence-electron chi connectivity index (χ2n) is 7.88. The lowest BCUT2D eigenvalue weighted by atomic mass is 10.1. The Bertz CT molecular complexity index is 1240. The van der Waals surface area contributed by atoms with Crippen LogP contribution < -0.4 is 10.5 Å². The molecule has 4 rings (SSSR count). The number of ether oxygens (including phenoxy) is 1. The summed E-state index contributed by atoms with van der Waals surface area (Å²) < 4.78 is 21.5. The number of aromatic nitrogens is 5. The second-order valence-corrected chi connectivity index (χ2v) is 7.88. The van der Waals surface area contributed by atoms with Gasteiger partial charge in [0.2, 0.25) is 0 Å².